The fraction of sp³-hybridized carbons (Fsp3) is 0.619. The van der Waals surface area contributed by atoms with Gasteiger partial charge in [-0.1, -0.05) is 12.8 Å². The SMILES string of the molecule is Cc1nc2c(c(N3CCCCCC3CC(O)c3ccco3)n1)CCCC2. The average molecular weight is 355 g/mol. The second kappa shape index (κ2) is 7.78. The predicted octanol–water partition coefficient (Wildman–Crippen LogP) is 4.13. The van der Waals surface area contributed by atoms with Crippen molar-refractivity contribution >= 4 is 5.82 Å². The van der Waals surface area contributed by atoms with Gasteiger partial charge in [0.2, 0.25) is 0 Å². The third-order valence-corrected chi connectivity index (χ3v) is 5.79. The monoisotopic (exact) mass is 355 g/mol. The molecule has 2 unspecified atom stereocenters. The van der Waals surface area contributed by atoms with Gasteiger partial charge in [-0.2, -0.15) is 0 Å². The number of fused-ring (bicyclic) bond motifs is 1. The van der Waals surface area contributed by atoms with Crippen LogP contribution in [-0.2, 0) is 12.8 Å². The molecule has 1 aliphatic heterocycles. The fourth-order valence-corrected chi connectivity index (χ4v) is 4.49. The van der Waals surface area contributed by atoms with Crippen molar-refractivity contribution in [2.45, 2.75) is 76.9 Å². The molecule has 2 aromatic rings. The summed E-state index contributed by atoms with van der Waals surface area (Å²) in [5.41, 5.74) is 2.59. The zero-order chi connectivity index (χ0) is 17.9. The maximum absolute atomic E-state index is 10.7. The number of aliphatic hydroxyl groups excluding tert-OH is 1. The van der Waals surface area contributed by atoms with E-state index in [-0.39, 0.29) is 6.04 Å². The zero-order valence-corrected chi connectivity index (χ0v) is 15.7. The first kappa shape index (κ1) is 17.5. The number of nitrogens with zero attached hydrogens (tertiary/aromatic N) is 3. The van der Waals surface area contributed by atoms with E-state index in [0.717, 1.165) is 37.4 Å². The lowest BCUT2D eigenvalue weighted by molar-refractivity contribution is 0.129. The van der Waals surface area contributed by atoms with Crippen LogP contribution in [0.15, 0.2) is 22.8 Å². The molecule has 0 radical (unpaired) electrons. The number of hydrogen-bond donors (Lipinski definition) is 1. The van der Waals surface area contributed by atoms with Gasteiger partial charge in [0.05, 0.1) is 6.26 Å². The third-order valence-electron chi connectivity index (χ3n) is 5.79. The molecule has 4 rings (SSSR count). The minimum Gasteiger partial charge on any atom is -0.467 e. The lowest BCUT2D eigenvalue weighted by atomic mass is 9.94. The van der Waals surface area contributed by atoms with E-state index >= 15 is 0 Å². The van der Waals surface area contributed by atoms with Crippen LogP contribution in [0.1, 0.15) is 73.9 Å². The summed E-state index contributed by atoms with van der Waals surface area (Å²) in [5, 5.41) is 10.7. The minimum absolute atomic E-state index is 0.290. The molecule has 140 valence electrons. The molecule has 2 aliphatic rings. The second-order valence-corrected chi connectivity index (χ2v) is 7.69. The molecule has 0 aromatic carbocycles. The summed E-state index contributed by atoms with van der Waals surface area (Å²) < 4.78 is 5.42. The Morgan fingerprint density at radius 3 is 2.92 bits per heavy atom. The summed E-state index contributed by atoms with van der Waals surface area (Å²) in [7, 11) is 0. The number of furan rings is 1. The van der Waals surface area contributed by atoms with Crippen molar-refractivity contribution in [3.63, 3.8) is 0 Å². The highest BCUT2D eigenvalue weighted by atomic mass is 16.4. The fourth-order valence-electron chi connectivity index (χ4n) is 4.49. The number of hydrogen-bond acceptors (Lipinski definition) is 5. The molecule has 0 amide bonds. The molecule has 2 aromatic heterocycles. The number of rotatable bonds is 4. The molecule has 5 heteroatoms. The Balaban J connectivity index is 1.64. The molecular formula is C21H29N3O2. The number of anilines is 1. The molecule has 1 fully saturated rings. The quantitative estimate of drug-likeness (QED) is 0.893. The van der Waals surface area contributed by atoms with E-state index in [9.17, 15) is 5.11 Å². The standard InChI is InChI=1S/C21H29N3O2/c1-15-22-18-10-5-4-9-17(18)21(23-15)24-12-6-2-3-8-16(24)14-19(25)20-11-7-13-26-20/h7,11,13,16,19,25H,2-6,8-10,12,14H2,1H3. The van der Waals surface area contributed by atoms with E-state index < -0.39 is 6.10 Å². The van der Waals surface area contributed by atoms with Crippen LogP contribution in [0.5, 0.6) is 0 Å². The van der Waals surface area contributed by atoms with Crippen molar-refractivity contribution in [2.75, 3.05) is 11.4 Å². The van der Waals surface area contributed by atoms with E-state index in [1.807, 2.05) is 19.1 Å². The molecule has 1 N–H and O–H groups in total. The largest absolute Gasteiger partial charge is 0.467 e. The summed E-state index contributed by atoms with van der Waals surface area (Å²) in [6.07, 6.45) is 11.1. The molecule has 26 heavy (non-hydrogen) atoms. The summed E-state index contributed by atoms with van der Waals surface area (Å²) in [5.74, 6) is 2.66. The predicted molar refractivity (Wildman–Crippen MR) is 101 cm³/mol. The van der Waals surface area contributed by atoms with Gasteiger partial charge in [0, 0.05) is 30.3 Å². The molecule has 1 saturated heterocycles. The van der Waals surface area contributed by atoms with Crippen LogP contribution < -0.4 is 4.90 Å². The van der Waals surface area contributed by atoms with Gasteiger partial charge in [0.25, 0.3) is 0 Å². The van der Waals surface area contributed by atoms with Crippen LogP contribution in [0.2, 0.25) is 0 Å². The van der Waals surface area contributed by atoms with Crippen LogP contribution in [0.4, 0.5) is 5.82 Å². The lowest BCUT2D eigenvalue weighted by Gasteiger charge is -2.35. The smallest absolute Gasteiger partial charge is 0.136 e. The van der Waals surface area contributed by atoms with Crippen molar-refractivity contribution in [3.8, 4) is 0 Å². The van der Waals surface area contributed by atoms with Crippen molar-refractivity contribution in [1.29, 1.82) is 0 Å². The second-order valence-electron chi connectivity index (χ2n) is 7.69. The van der Waals surface area contributed by atoms with Gasteiger partial charge >= 0.3 is 0 Å². The third kappa shape index (κ3) is 3.63. The summed E-state index contributed by atoms with van der Waals surface area (Å²) in [6, 6.07) is 3.99. The van der Waals surface area contributed by atoms with Crippen molar-refractivity contribution in [1.82, 2.24) is 9.97 Å². The maximum atomic E-state index is 10.7. The van der Waals surface area contributed by atoms with Crippen LogP contribution in [0.25, 0.3) is 0 Å². The Bertz CT molecular complexity index is 729. The van der Waals surface area contributed by atoms with E-state index in [2.05, 4.69) is 4.90 Å². The highest BCUT2D eigenvalue weighted by Crippen LogP contribution is 2.34. The summed E-state index contributed by atoms with van der Waals surface area (Å²) in [4.78, 5) is 12.1. The van der Waals surface area contributed by atoms with Crippen molar-refractivity contribution in [3.05, 3.63) is 41.2 Å². The summed E-state index contributed by atoms with van der Waals surface area (Å²) >= 11 is 0. The lowest BCUT2D eigenvalue weighted by Crippen LogP contribution is -2.38. The maximum Gasteiger partial charge on any atom is 0.136 e. The van der Waals surface area contributed by atoms with Gasteiger partial charge in [-0.25, -0.2) is 9.97 Å². The highest BCUT2D eigenvalue weighted by Gasteiger charge is 2.29. The zero-order valence-electron chi connectivity index (χ0n) is 15.7. The van der Waals surface area contributed by atoms with E-state index in [1.54, 1.807) is 6.26 Å². The Kier molecular flexibility index (Phi) is 5.25. The Labute approximate surface area is 155 Å². The molecule has 2 atom stereocenters. The van der Waals surface area contributed by atoms with Gasteiger partial charge in [0.1, 0.15) is 23.5 Å². The number of aryl methyl sites for hydroxylation is 2. The molecule has 3 heterocycles. The topological polar surface area (TPSA) is 62.4 Å². The Morgan fingerprint density at radius 2 is 2.08 bits per heavy atom. The molecule has 5 nitrogen and oxygen atoms in total. The van der Waals surface area contributed by atoms with Crippen LogP contribution in [0.3, 0.4) is 0 Å². The molecule has 0 spiro atoms. The first-order chi connectivity index (χ1) is 12.7. The Hall–Kier alpha value is -1.88. The van der Waals surface area contributed by atoms with Crippen molar-refractivity contribution < 1.29 is 9.52 Å². The normalized spacial score (nSPS) is 21.9. The first-order valence-electron chi connectivity index (χ1n) is 10.1. The van der Waals surface area contributed by atoms with Gasteiger partial charge in [-0.05, 0) is 57.6 Å². The molecular weight excluding hydrogens is 326 g/mol. The highest BCUT2D eigenvalue weighted by molar-refractivity contribution is 5.51. The van der Waals surface area contributed by atoms with E-state index in [1.165, 1.54) is 43.4 Å². The Morgan fingerprint density at radius 1 is 1.19 bits per heavy atom. The van der Waals surface area contributed by atoms with Gasteiger partial charge < -0.3 is 14.4 Å². The molecule has 0 bridgehead atoms. The van der Waals surface area contributed by atoms with Gasteiger partial charge in [0.15, 0.2) is 0 Å². The first-order valence-corrected chi connectivity index (χ1v) is 10.1. The number of aromatic nitrogens is 2. The van der Waals surface area contributed by atoms with Crippen molar-refractivity contribution in [2.24, 2.45) is 0 Å². The van der Waals surface area contributed by atoms with Gasteiger partial charge in [-0.15, -0.1) is 0 Å². The number of aliphatic hydroxyl groups is 1. The van der Waals surface area contributed by atoms with Gasteiger partial charge in [-0.3, -0.25) is 0 Å². The molecule has 1 aliphatic carbocycles. The van der Waals surface area contributed by atoms with E-state index in [0.29, 0.717) is 12.2 Å². The summed E-state index contributed by atoms with van der Waals surface area (Å²) in [6.45, 7) is 3.02. The molecule has 0 saturated carbocycles. The van der Waals surface area contributed by atoms with E-state index in [4.69, 9.17) is 14.4 Å². The minimum atomic E-state index is -0.561. The van der Waals surface area contributed by atoms with Crippen LogP contribution in [-0.4, -0.2) is 27.7 Å². The average Bonchev–Trinajstić information content (AvgIpc) is 3.09. The van der Waals surface area contributed by atoms with Crippen LogP contribution in [0, 0.1) is 6.92 Å². The van der Waals surface area contributed by atoms with Crippen LogP contribution >= 0.6 is 0 Å².